The van der Waals surface area contributed by atoms with E-state index in [1.807, 2.05) is 6.20 Å². The summed E-state index contributed by atoms with van der Waals surface area (Å²) in [6.07, 6.45) is 5.87. The van der Waals surface area contributed by atoms with E-state index in [-0.39, 0.29) is 0 Å². The summed E-state index contributed by atoms with van der Waals surface area (Å²) in [5, 5.41) is 3.41. The zero-order valence-electron chi connectivity index (χ0n) is 11.8. The van der Waals surface area contributed by atoms with E-state index in [1.165, 1.54) is 37.2 Å². The first-order chi connectivity index (χ1) is 9.36. The number of anilines is 1. The summed E-state index contributed by atoms with van der Waals surface area (Å²) in [6, 6.07) is 4.91. The molecule has 0 radical (unpaired) electrons. The van der Waals surface area contributed by atoms with Crippen molar-refractivity contribution < 1.29 is 0 Å². The van der Waals surface area contributed by atoms with Crippen molar-refractivity contribution in [3.63, 3.8) is 0 Å². The standard InChI is InChI=1S/C15H24N4/c1-18-10-3-2-6-14(18)13-5-4-7-17-15(13)19-11-8-16-9-12-19/h4-5,7,14,16H,2-3,6,8-12H2,1H3/t14-/m1/s1. The van der Waals surface area contributed by atoms with E-state index in [0.717, 1.165) is 26.2 Å². The van der Waals surface area contributed by atoms with Gasteiger partial charge in [-0.05, 0) is 32.5 Å². The van der Waals surface area contributed by atoms with Crippen molar-refractivity contribution in [1.82, 2.24) is 15.2 Å². The molecule has 0 amide bonds. The molecule has 1 aromatic rings. The zero-order chi connectivity index (χ0) is 13.1. The molecule has 1 aromatic heterocycles. The van der Waals surface area contributed by atoms with Crippen LogP contribution in [0.4, 0.5) is 5.82 Å². The van der Waals surface area contributed by atoms with Gasteiger partial charge in [0.25, 0.3) is 0 Å². The molecule has 0 unspecified atom stereocenters. The smallest absolute Gasteiger partial charge is 0.133 e. The van der Waals surface area contributed by atoms with Gasteiger partial charge in [-0.3, -0.25) is 4.90 Å². The van der Waals surface area contributed by atoms with Gasteiger partial charge in [-0.1, -0.05) is 12.5 Å². The average Bonchev–Trinajstić information content (AvgIpc) is 2.49. The van der Waals surface area contributed by atoms with Crippen LogP contribution in [0.15, 0.2) is 18.3 Å². The number of rotatable bonds is 2. The fourth-order valence-electron chi connectivity index (χ4n) is 3.28. The fourth-order valence-corrected chi connectivity index (χ4v) is 3.28. The van der Waals surface area contributed by atoms with Gasteiger partial charge in [-0.2, -0.15) is 0 Å². The van der Waals surface area contributed by atoms with Crippen LogP contribution in [-0.2, 0) is 0 Å². The molecule has 1 N–H and O–H groups in total. The monoisotopic (exact) mass is 260 g/mol. The third-order valence-corrected chi connectivity index (χ3v) is 4.36. The average molecular weight is 260 g/mol. The molecule has 1 atom stereocenters. The van der Waals surface area contributed by atoms with E-state index >= 15 is 0 Å². The van der Waals surface area contributed by atoms with Crippen LogP contribution in [0.5, 0.6) is 0 Å². The highest BCUT2D eigenvalue weighted by atomic mass is 15.2. The first-order valence-electron chi connectivity index (χ1n) is 7.47. The van der Waals surface area contributed by atoms with Gasteiger partial charge in [0.2, 0.25) is 0 Å². The van der Waals surface area contributed by atoms with Gasteiger partial charge in [0.1, 0.15) is 5.82 Å². The highest BCUT2D eigenvalue weighted by Crippen LogP contribution is 2.34. The first-order valence-corrected chi connectivity index (χ1v) is 7.47. The minimum Gasteiger partial charge on any atom is -0.354 e. The van der Waals surface area contributed by atoms with Crippen molar-refractivity contribution in [3.8, 4) is 0 Å². The molecule has 2 aliphatic heterocycles. The summed E-state index contributed by atoms with van der Waals surface area (Å²) >= 11 is 0. The number of nitrogens with zero attached hydrogens (tertiary/aromatic N) is 3. The van der Waals surface area contributed by atoms with Gasteiger partial charge in [-0.15, -0.1) is 0 Å². The second-order valence-corrected chi connectivity index (χ2v) is 5.65. The lowest BCUT2D eigenvalue weighted by atomic mass is 9.96. The number of aromatic nitrogens is 1. The van der Waals surface area contributed by atoms with Crippen LogP contribution < -0.4 is 10.2 Å². The Hall–Kier alpha value is -1.13. The molecule has 4 heteroatoms. The lowest BCUT2D eigenvalue weighted by Gasteiger charge is -2.36. The van der Waals surface area contributed by atoms with E-state index in [0.29, 0.717) is 6.04 Å². The lowest BCUT2D eigenvalue weighted by Crippen LogP contribution is -2.44. The van der Waals surface area contributed by atoms with Gasteiger partial charge in [0, 0.05) is 44.0 Å². The van der Waals surface area contributed by atoms with Crippen molar-refractivity contribution in [3.05, 3.63) is 23.9 Å². The molecule has 4 nitrogen and oxygen atoms in total. The van der Waals surface area contributed by atoms with E-state index in [4.69, 9.17) is 0 Å². The summed E-state index contributed by atoms with van der Waals surface area (Å²) < 4.78 is 0. The van der Waals surface area contributed by atoms with Gasteiger partial charge in [-0.25, -0.2) is 4.98 Å². The topological polar surface area (TPSA) is 31.4 Å². The Morgan fingerprint density at radius 1 is 1.21 bits per heavy atom. The van der Waals surface area contributed by atoms with Gasteiger partial charge in [0.15, 0.2) is 0 Å². The lowest BCUT2D eigenvalue weighted by molar-refractivity contribution is 0.187. The quantitative estimate of drug-likeness (QED) is 0.876. The normalized spacial score (nSPS) is 25.5. The van der Waals surface area contributed by atoms with Crippen LogP contribution in [0, 0.1) is 0 Å². The molecule has 0 saturated carbocycles. The second kappa shape index (κ2) is 5.88. The number of piperazine rings is 1. The first kappa shape index (κ1) is 12.9. The minimum atomic E-state index is 0.548. The van der Waals surface area contributed by atoms with Crippen LogP contribution in [0.1, 0.15) is 30.9 Å². The van der Waals surface area contributed by atoms with Gasteiger partial charge < -0.3 is 10.2 Å². The van der Waals surface area contributed by atoms with Crippen molar-refractivity contribution in [2.24, 2.45) is 0 Å². The maximum absolute atomic E-state index is 4.68. The molecule has 2 aliphatic rings. The Labute approximate surface area is 115 Å². The van der Waals surface area contributed by atoms with E-state index < -0.39 is 0 Å². The number of hydrogen-bond acceptors (Lipinski definition) is 4. The molecule has 0 aromatic carbocycles. The highest BCUT2D eigenvalue weighted by molar-refractivity contribution is 5.49. The molecular weight excluding hydrogens is 236 g/mol. The predicted molar refractivity (Wildman–Crippen MR) is 78.5 cm³/mol. The molecule has 3 rings (SSSR count). The maximum Gasteiger partial charge on any atom is 0.133 e. The van der Waals surface area contributed by atoms with Crippen LogP contribution in [0.25, 0.3) is 0 Å². The zero-order valence-corrected chi connectivity index (χ0v) is 11.8. The number of pyridine rings is 1. The Morgan fingerprint density at radius 3 is 2.84 bits per heavy atom. The summed E-state index contributed by atoms with van der Waals surface area (Å²) in [7, 11) is 2.25. The number of nitrogens with one attached hydrogen (secondary N) is 1. The molecule has 0 bridgehead atoms. The van der Waals surface area contributed by atoms with Crippen molar-refractivity contribution in [1.29, 1.82) is 0 Å². The van der Waals surface area contributed by atoms with Crippen LogP contribution in [0.2, 0.25) is 0 Å². The summed E-state index contributed by atoms with van der Waals surface area (Å²) in [4.78, 5) is 9.61. The van der Waals surface area contributed by atoms with E-state index in [2.05, 4.69) is 39.3 Å². The molecule has 2 fully saturated rings. The van der Waals surface area contributed by atoms with E-state index in [9.17, 15) is 0 Å². The Morgan fingerprint density at radius 2 is 2.05 bits per heavy atom. The molecule has 0 aliphatic carbocycles. The van der Waals surface area contributed by atoms with Gasteiger partial charge in [0.05, 0.1) is 0 Å². The van der Waals surface area contributed by atoms with Crippen molar-refractivity contribution in [2.75, 3.05) is 44.7 Å². The van der Waals surface area contributed by atoms with Crippen molar-refractivity contribution >= 4 is 5.82 Å². The highest BCUT2D eigenvalue weighted by Gasteiger charge is 2.25. The Balaban J connectivity index is 1.87. The second-order valence-electron chi connectivity index (χ2n) is 5.65. The Kier molecular flexibility index (Phi) is 3.99. The number of piperidine rings is 1. The van der Waals surface area contributed by atoms with E-state index in [1.54, 1.807) is 0 Å². The SMILES string of the molecule is CN1CCCC[C@@H]1c1cccnc1N1CCNCC1. The summed E-state index contributed by atoms with van der Waals surface area (Å²) in [5.74, 6) is 1.21. The number of hydrogen-bond donors (Lipinski definition) is 1. The van der Waals surface area contributed by atoms with Crippen LogP contribution >= 0.6 is 0 Å². The van der Waals surface area contributed by atoms with Crippen LogP contribution in [0.3, 0.4) is 0 Å². The fraction of sp³-hybridized carbons (Fsp3) is 0.667. The third-order valence-electron chi connectivity index (χ3n) is 4.36. The molecule has 2 saturated heterocycles. The van der Waals surface area contributed by atoms with Gasteiger partial charge >= 0.3 is 0 Å². The molecule has 3 heterocycles. The molecule has 0 spiro atoms. The third kappa shape index (κ3) is 2.74. The molecular formula is C15H24N4. The predicted octanol–water partition coefficient (Wildman–Crippen LogP) is 1.65. The van der Waals surface area contributed by atoms with Crippen LogP contribution in [-0.4, -0.2) is 49.7 Å². The minimum absolute atomic E-state index is 0.548. The molecule has 19 heavy (non-hydrogen) atoms. The number of likely N-dealkylation sites (tertiary alicyclic amines) is 1. The summed E-state index contributed by atoms with van der Waals surface area (Å²) in [6.45, 7) is 5.48. The van der Waals surface area contributed by atoms with Crippen molar-refractivity contribution in [2.45, 2.75) is 25.3 Å². The maximum atomic E-state index is 4.68. The Bertz CT molecular complexity index is 414. The molecule has 104 valence electrons. The summed E-state index contributed by atoms with van der Waals surface area (Å²) in [5.41, 5.74) is 1.42. The largest absolute Gasteiger partial charge is 0.354 e.